The molecule has 5 nitrogen and oxygen atoms in total. The number of hydrogen-bond acceptors (Lipinski definition) is 4. The van der Waals surface area contributed by atoms with E-state index in [0.717, 1.165) is 24.8 Å². The van der Waals surface area contributed by atoms with Gasteiger partial charge < -0.3 is 15.0 Å². The molecule has 120 valence electrons. The normalized spacial score (nSPS) is 14.6. The number of anilines is 2. The Kier molecular flexibility index (Phi) is 4.73. The molecule has 2 aromatic rings. The molecule has 1 aliphatic rings. The van der Waals surface area contributed by atoms with Gasteiger partial charge in [0, 0.05) is 18.1 Å². The quantitative estimate of drug-likeness (QED) is 0.937. The van der Waals surface area contributed by atoms with Gasteiger partial charge in [0.25, 0.3) is 5.91 Å². The molecule has 1 saturated heterocycles. The molecule has 0 spiro atoms. The number of pyridine rings is 1. The molecule has 1 N–H and O–H groups in total. The summed E-state index contributed by atoms with van der Waals surface area (Å²) in [5, 5.41) is 2.86. The highest BCUT2D eigenvalue weighted by molar-refractivity contribution is 6.31. The summed E-state index contributed by atoms with van der Waals surface area (Å²) in [6, 6.07) is 7.39. The minimum Gasteiger partial charge on any atom is -0.378 e. The van der Waals surface area contributed by atoms with Crippen LogP contribution in [0, 0.1) is 5.82 Å². The average Bonchev–Trinajstić information content (AvgIpc) is 2.58. The largest absolute Gasteiger partial charge is 0.378 e. The van der Waals surface area contributed by atoms with Gasteiger partial charge in [-0.15, -0.1) is 0 Å². The van der Waals surface area contributed by atoms with Gasteiger partial charge in [-0.3, -0.25) is 4.79 Å². The molecule has 1 amide bonds. The number of hydrogen-bond donors (Lipinski definition) is 1. The second-order valence-electron chi connectivity index (χ2n) is 5.08. The molecule has 1 aromatic heterocycles. The molecule has 1 fully saturated rings. The lowest BCUT2D eigenvalue weighted by Gasteiger charge is -2.28. The zero-order chi connectivity index (χ0) is 16.2. The lowest BCUT2D eigenvalue weighted by atomic mass is 10.2. The van der Waals surface area contributed by atoms with Crippen molar-refractivity contribution in [3.05, 3.63) is 52.9 Å². The monoisotopic (exact) mass is 335 g/mol. The van der Waals surface area contributed by atoms with Gasteiger partial charge in [-0.2, -0.15) is 0 Å². The van der Waals surface area contributed by atoms with Crippen LogP contribution in [0.3, 0.4) is 0 Å². The van der Waals surface area contributed by atoms with Crippen molar-refractivity contribution in [2.75, 3.05) is 36.5 Å². The van der Waals surface area contributed by atoms with Crippen LogP contribution >= 0.6 is 11.6 Å². The van der Waals surface area contributed by atoms with E-state index in [4.69, 9.17) is 16.3 Å². The van der Waals surface area contributed by atoms with Gasteiger partial charge in [0.05, 0.1) is 30.7 Å². The first-order chi connectivity index (χ1) is 11.1. The number of amides is 1. The SMILES string of the molecule is O=C(Nc1ccc(N2CCOCC2)cn1)c1cc(Cl)ccc1F. The molecule has 7 heteroatoms. The molecule has 1 aliphatic heterocycles. The van der Waals surface area contributed by atoms with Crippen LogP contribution in [0.15, 0.2) is 36.5 Å². The van der Waals surface area contributed by atoms with Gasteiger partial charge in [-0.25, -0.2) is 9.37 Å². The number of benzene rings is 1. The van der Waals surface area contributed by atoms with Gasteiger partial charge in [0.1, 0.15) is 11.6 Å². The van der Waals surface area contributed by atoms with Crippen LogP contribution < -0.4 is 10.2 Å². The smallest absolute Gasteiger partial charge is 0.259 e. The van der Waals surface area contributed by atoms with E-state index in [0.29, 0.717) is 24.1 Å². The van der Waals surface area contributed by atoms with E-state index in [1.807, 2.05) is 6.07 Å². The van der Waals surface area contributed by atoms with Crippen molar-refractivity contribution in [2.45, 2.75) is 0 Å². The molecule has 0 radical (unpaired) electrons. The Bertz CT molecular complexity index is 703. The fourth-order valence-electron chi connectivity index (χ4n) is 2.32. The zero-order valence-corrected chi connectivity index (χ0v) is 13.0. The molecular formula is C16H15ClFN3O2. The Morgan fingerprint density at radius 1 is 1.26 bits per heavy atom. The van der Waals surface area contributed by atoms with Crippen molar-refractivity contribution in [3.63, 3.8) is 0 Å². The molecule has 0 saturated carbocycles. The maximum Gasteiger partial charge on any atom is 0.259 e. The van der Waals surface area contributed by atoms with Crippen molar-refractivity contribution in [2.24, 2.45) is 0 Å². The van der Waals surface area contributed by atoms with Crippen molar-refractivity contribution in [3.8, 4) is 0 Å². The fourth-order valence-corrected chi connectivity index (χ4v) is 2.50. The molecule has 0 bridgehead atoms. The van der Waals surface area contributed by atoms with Crippen LogP contribution in [0.1, 0.15) is 10.4 Å². The summed E-state index contributed by atoms with van der Waals surface area (Å²) in [7, 11) is 0. The predicted octanol–water partition coefficient (Wildman–Crippen LogP) is 2.96. The Morgan fingerprint density at radius 2 is 2.04 bits per heavy atom. The highest BCUT2D eigenvalue weighted by atomic mass is 35.5. The van der Waals surface area contributed by atoms with Gasteiger partial charge in [-0.05, 0) is 30.3 Å². The summed E-state index contributed by atoms with van der Waals surface area (Å²) in [4.78, 5) is 18.5. The van der Waals surface area contributed by atoms with Crippen molar-refractivity contribution >= 4 is 29.0 Å². The zero-order valence-electron chi connectivity index (χ0n) is 12.3. The average molecular weight is 336 g/mol. The van der Waals surface area contributed by atoms with Gasteiger partial charge in [0.2, 0.25) is 0 Å². The molecule has 3 rings (SSSR count). The summed E-state index contributed by atoms with van der Waals surface area (Å²) in [5.74, 6) is -0.861. The Labute approximate surface area is 138 Å². The third kappa shape index (κ3) is 3.78. The van der Waals surface area contributed by atoms with E-state index >= 15 is 0 Å². The summed E-state index contributed by atoms with van der Waals surface area (Å²) in [6.45, 7) is 2.99. The Balaban J connectivity index is 1.70. The summed E-state index contributed by atoms with van der Waals surface area (Å²) in [6.07, 6.45) is 1.68. The molecular weight excluding hydrogens is 321 g/mol. The van der Waals surface area contributed by atoms with Crippen LogP contribution in [0.4, 0.5) is 15.9 Å². The van der Waals surface area contributed by atoms with Crippen molar-refractivity contribution in [1.29, 1.82) is 0 Å². The van der Waals surface area contributed by atoms with Crippen molar-refractivity contribution in [1.82, 2.24) is 4.98 Å². The molecule has 0 aliphatic carbocycles. The number of carbonyl (C=O) groups excluding carboxylic acids is 1. The van der Waals surface area contributed by atoms with Crippen LogP contribution in [0.2, 0.25) is 5.02 Å². The van der Waals surface area contributed by atoms with Gasteiger partial charge in [0.15, 0.2) is 0 Å². The number of rotatable bonds is 3. The van der Waals surface area contributed by atoms with E-state index in [-0.39, 0.29) is 5.56 Å². The molecule has 1 aromatic carbocycles. The van der Waals surface area contributed by atoms with Crippen LogP contribution in [0.5, 0.6) is 0 Å². The number of morpholine rings is 1. The van der Waals surface area contributed by atoms with Crippen molar-refractivity contribution < 1.29 is 13.9 Å². The van der Waals surface area contributed by atoms with Crippen LogP contribution in [-0.2, 0) is 4.74 Å². The summed E-state index contributed by atoms with van der Waals surface area (Å²) < 4.78 is 19.0. The van der Waals surface area contributed by atoms with Gasteiger partial charge >= 0.3 is 0 Å². The van der Waals surface area contributed by atoms with E-state index in [2.05, 4.69) is 15.2 Å². The minimum absolute atomic E-state index is 0.114. The van der Waals surface area contributed by atoms with E-state index in [1.54, 1.807) is 12.3 Å². The van der Waals surface area contributed by atoms with Gasteiger partial charge in [-0.1, -0.05) is 11.6 Å². The highest BCUT2D eigenvalue weighted by Gasteiger charge is 2.14. The Morgan fingerprint density at radius 3 is 2.74 bits per heavy atom. The first-order valence-electron chi connectivity index (χ1n) is 7.18. The second kappa shape index (κ2) is 6.93. The number of ether oxygens (including phenoxy) is 1. The first-order valence-corrected chi connectivity index (χ1v) is 7.56. The highest BCUT2D eigenvalue weighted by Crippen LogP contribution is 2.19. The molecule has 0 atom stereocenters. The van der Waals surface area contributed by atoms with E-state index in [9.17, 15) is 9.18 Å². The van der Waals surface area contributed by atoms with E-state index in [1.165, 1.54) is 12.1 Å². The standard InChI is InChI=1S/C16H15ClFN3O2/c17-11-1-3-14(18)13(9-11)16(22)20-15-4-2-12(10-19-15)21-5-7-23-8-6-21/h1-4,9-10H,5-8H2,(H,19,20,22). The third-order valence-electron chi connectivity index (χ3n) is 3.54. The number of carbonyl (C=O) groups is 1. The van der Waals surface area contributed by atoms with E-state index < -0.39 is 11.7 Å². The second-order valence-corrected chi connectivity index (χ2v) is 5.52. The van der Waals surface area contributed by atoms with Crippen LogP contribution in [-0.4, -0.2) is 37.2 Å². The lowest BCUT2D eigenvalue weighted by molar-refractivity contribution is 0.102. The summed E-state index contributed by atoms with van der Waals surface area (Å²) in [5.41, 5.74) is 0.844. The maximum absolute atomic E-state index is 13.7. The number of nitrogens with zero attached hydrogens (tertiary/aromatic N) is 2. The topological polar surface area (TPSA) is 54.5 Å². The number of halogens is 2. The molecule has 2 heterocycles. The molecule has 23 heavy (non-hydrogen) atoms. The number of nitrogens with one attached hydrogen (secondary N) is 1. The van der Waals surface area contributed by atoms with Crippen LogP contribution in [0.25, 0.3) is 0 Å². The first kappa shape index (κ1) is 15.7. The molecule has 0 unspecified atom stereocenters. The summed E-state index contributed by atoms with van der Waals surface area (Å²) >= 11 is 5.79. The Hall–Kier alpha value is -2.18. The lowest BCUT2D eigenvalue weighted by Crippen LogP contribution is -2.36. The fraction of sp³-hybridized carbons (Fsp3) is 0.250. The third-order valence-corrected chi connectivity index (χ3v) is 3.77. The minimum atomic E-state index is -0.628. The maximum atomic E-state index is 13.7. The number of aromatic nitrogens is 1. The predicted molar refractivity (Wildman–Crippen MR) is 86.6 cm³/mol.